The number of hydrogen-bond donors (Lipinski definition) is 2. The van der Waals surface area contributed by atoms with Crippen LogP contribution >= 0.6 is 0 Å². The first-order chi connectivity index (χ1) is 20.5. The van der Waals surface area contributed by atoms with E-state index < -0.39 is 80.2 Å². The molecule has 7 nitrogen and oxygen atoms in total. The van der Waals surface area contributed by atoms with Gasteiger partial charge in [-0.1, -0.05) is 30.3 Å². The van der Waals surface area contributed by atoms with Crippen LogP contribution in [0.25, 0.3) is 0 Å². The fourth-order valence-electron chi connectivity index (χ4n) is 2.85. The van der Waals surface area contributed by atoms with E-state index in [0.29, 0.717) is 5.75 Å². The summed E-state index contributed by atoms with van der Waals surface area (Å²) in [7, 11) is 1.39. The number of carbonyl (C=O) groups is 1. The van der Waals surface area contributed by atoms with Gasteiger partial charge >= 0.3 is 0 Å². The number of nitrogens with one attached hydrogen (secondary N) is 1. The largest absolute Gasteiger partial charge is 0.493 e. The van der Waals surface area contributed by atoms with Gasteiger partial charge in [0, 0.05) is 49.3 Å². The Morgan fingerprint density at radius 3 is 2.52 bits per heavy atom. The molecule has 1 unspecified atom stereocenters. The number of amides is 1. The number of benzene rings is 2. The van der Waals surface area contributed by atoms with Crippen molar-refractivity contribution in [1.29, 1.82) is 0 Å². The van der Waals surface area contributed by atoms with E-state index in [1.165, 1.54) is 13.2 Å². The van der Waals surface area contributed by atoms with Gasteiger partial charge < -0.3 is 19.9 Å². The average Bonchev–Trinajstić information content (AvgIpc) is 2.93. The SMILES string of the molecule is [2H]c1c([2H])c(C([2H])([2H])[2H])c(NC(=O)C([2H])([2H])N2CCN(C([2H])([2H])C([2H])(O)COc3ccccc3OC)CC2)c(C([2H])([2H])[2H])c1[2H]. The molecule has 0 saturated carbocycles. The van der Waals surface area contributed by atoms with Crippen LogP contribution in [0.2, 0.25) is 0 Å². The van der Waals surface area contributed by atoms with Gasteiger partial charge in [0.25, 0.3) is 0 Å². The minimum Gasteiger partial charge on any atom is -0.493 e. The second kappa shape index (κ2) is 11.1. The number of hydrogen-bond acceptors (Lipinski definition) is 6. The van der Waals surface area contributed by atoms with Gasteiger partial charge in [-0.15, -0.1) is 0 Å². The molecule has 31 heavy (non-hydrogen) atoms. The van der Waals surface area contributed by atoms with Gasteiger partial charge in [-0.25, -0.2) is 0 Å². The average molecular weight is 442 g/mol. The molecule has 3 rings (SSSR count). The summed E-state index contributed by atoms with van der Waals surface area (Å²) in [5.74, 6) is -1.05. The number of para-hydroxylation sites is 3. The summed E-state index contributed by atoms with van der Waals surface area (Å²) >= 11 is 0. The molecule has 1 fully saturated rings. The number of nitrogens with zero attached hydrogens (tertiary/aromatic N) is 2. The van der Waals surface area contributed by atoms with Gasteiger partial charge in [0.2, 0.25) is 5.91 Å². The number of anilines is 1. The van der Waals surface area contributed by atoms with E-state index in [9.17, 15) is 9.90 Å². The van der Waals surface area contributed by atoms with Gasteiger partial charge in [0.15, 0.2) is 11.5 Å². The fraction of sp³-hybridized carbons (Fsp3) is 0.458. The third-order valence-corrected chi connectivity index (χ3v) is 4.37. The van der Waals surface area contributed by atoms with Crippen LogP contribution in [0, 0.1) is 13.7 Å². The Hall–Kier alpha value is -2.61. The Labute approximate surface area is 204 Å². The number of β-amino-alcohol motifs (C(OH)–C–C–N with tert-alkyl or cyclic N) is 1. The molecule has 1 amide bonds. The predicted molar refractivity (Wildman–Crippen MR) is 122 cm³/mol. The smallest absolute Gasteiger partial charge is 0.238 e. The Bertz CT molecular complexity index is 1370. The van der Waals surface area contributed by atoms with Crippen molar-refractivity contribution < 1.29 is 38.6 Å². The minimum absolute atomic E-state index is 0.168. The van der Waals surface area contributed by atoms with Crippen molar-refractivity contribution >= 4 is 11.6 Å². The Morgan fingerprint density at radius 2 is 1.87 bits per heavy atom. The normalized spacial score (nSPS) is 25.4. The lowest BCUT2D eigenvalue weighted by molar-refractivity contribution is -0.117. The van der Waals surface area contributed by atoms with Crippen LogP contribution in [0.5, 0.6) is 11.5 Å². The van der Waals surface area contributed by atoms with Gasteiger partial charge in [-0.05, 0) is 37.0 Å². The zero-order chi connectivity index (χ0) is 34.3. The molecule has 0 spiro atoms. The third kappa shape index (κ3) is 6.69. The van der Waals surface area contributed by atoms with Crippen LogP contribution < -0.4 is 14.8 Å². The maximum atomic E-state index is 13.3. The lowest BCUT2D eigenvalue weighted by Crippen LogP contribution is -2.50. The molecule has 2 aromatic rings. The first kappa shape index (κ1) is 10.8. The van der Waals surface area contributed by atoms with E-state index in [0.717, 1.165) is 9.80 Å². The number of aliphatic hydroxyl groups is 1. The van der Waals surface area contributed by atoms with Crippen molar-refractivity contribution in [3.8, 4) is 11.5 Å². The highest BCUT2D eigenvalue weighted by molar-refractivity contribution is 5.93. The summed E-state index contributed by atoms with van der Waals surface area (Å²) in [6.07, 6.45) is -2.81. The van der Waals surface area contributed by atoms with Crippen LogP contribution in [0.15, 0.2) is 42.4 Å². The van der Waals surface area contributed by atoms with E-state index in [-0.39, 0.29) is 31.9 Å². The summed E-state index contributed by atoms with van der Waals surface area (Å²) in [5, 5.41) is 12.7. The molecule has 0 radical (unpaired) electrons. The predicted octanol–water partition coefficient (Wildman–Crippen LogP) is 2.31. The maximum Gasteiger partial charge on any atom is 0.238 e. The molecule has 0 bridgehead atoms. The van der Waals surface area contributed by atoms with E-state index >= 15 is 0 Å². The molecule has 1 heterocycles. The van der Waals surface area contributed by atoms with E-state index in [2.05, 4.69) is 0 Å². The number of rotatable bonds is 9. The number of ether oxygens (including phenoxy) is 2. The Morgan fingerprint density at radius 1 is 1.23 bits per heavy atom. The van der Waals surface area contributed by atoms with Crippen LogP contribution in [0.4, 0.5) is 5.69 Å². The zero-order valence-electron chi connectivity index (χ0n) is 30.9. The zero-order valence-corrected chi connectivity index (χ0v) is 16.9. The van der Waals surface area contributed by atoms with Crippen molar-refractivity contribution in [2.24, 2.45) is 0 Å². The first-order valence-electron chi connectivity index (χ1n) is 16.4. The molecule has 1 saturated heterocycles. The molecule has 2 N–H and O–H groups in total. The van der Waals surface area contributed by atoms with Crippen LogP contribution in [-0.4, -0.2) is 79.8 Å². The van der Waals surface area contributed by atoms with E-state index in [1.54, 1.807) is 18.2 Å². The lowest BCUT2D eigenvalue weighted by Gasteiger charge is -2.35. The number of piperazine rings is 1. The van der Waals surface area contributed by atoms with Gasteiger partial charge in [0.1, 0.15) is 12.7 Å². The summed E-state index contributed by atoms with van der Waals surface area (Å²) in [6, 6.07) is 3.36. The van der Waals surface area contributed by atoms with Crippen LogP contribution in [-0.2, 0) is 4.79 Å². The van der Waals surface area contributed by atoms with Gasteiger partial charge in [-0.2, -0.15) is 0 Å². The lowest BCUT2D eigenvalue weighted by atomic mass is 10.1. The highest BCUT2D eigenvalue weighted by Crippen LogP contribution is 2.25. The molecule has 1 atom stereocenters. The van der Waals surface area contributed by atoms with Crippen molar-refractivity contribution in [2.45, 2.75) is 19.8 Å². The maximum absolute atomic E-state index is 13.3. The molecule has 7 heteroatoms. The molecular formula is C24H33N3O4. The third-order valence-electron chi connectivity index (χ3n) is 4.37. The molecule has 168 valence electrons. The van der Waals surface area contributed by atoms with Crippen molar-refractivity contribution in [3.63, 3.8) is 0 Å². The van der Waals surface area contributed by atoms with Gasteiger partial charge in [0.05, 0.1) is 21.8 Å². The highest BCUT2D eigenvalue weighted by atomic mass is 16.5. The summed E-state index contributed by atoms with van der Waals surface area (Å²) in [6.45, 7) is -14.1. The highest BCUT2D eigenvalue weighted by Gasteiger charge is 2.21. The number of carbonyl (C=O) groups excluding carboxylic acids is 1. The second-order valence-electron chi connectivity index (χ2n) is 6.54. The van der Waals surface area contributed by atoms with Crippen LogP contribution in [0.3, 0.4) is 0 Å². The van der Waals surface area contributed by atoms with Crippen molar-refractivity contribution in [2.75, 3.05) is 58.2 Å². The molecular weight excluding hydrogens is 394 g/mol. The van der Waals surface area contributed by atoms with E-state index in [1.807, 2.05) is 5.32 Å². The van der Waals surface area contributed by atoms with Crippen LogP contribution in [0.1, 0.15) is 30.3 Å². The number of methoxy groups -OCH3 is 1. The van der Waals surface area contributed by atoms with E-state index in [4.69, 9.17) is 28.7 Å². The Balaban J connectivity index is 1.81. The fourth-order valence-corrected chi connectivity index (χ4v) is 2.85. The summed E-state index contributed by atoms with van der Waals surface area (Å²) in [4.78, 5) is 15.3. The summed E-state index contributed by atoms with van der Waals surface area (Å²) in [5.41, 5.74) is -3.03. The van der Waals surface area contributed by atoms with Crippen molar-refractivity contribution in [3.05, 3.63) is 53.5 Å². The minimum atomic E-state index is -3.21. The Kier molecular flexibility index (Phi) is 3.88. The molecule has 1 aliphatic rings. The summed E-state index contributed by atoms with van der Waals surface area (Å²) < 4.78 is 123. The molecule has 2 aromatic carbocycles. The topological polar surface area (TPSA) is 74.3 Å². The molecule has 0 aromatic heterocycles. The molecule has 0 aliphatic carbocycles. The second-order valence-corrected chi connectivity index (χ2v) is 6.54. The van der Waals surface area contributed by atoms with Gasteiger partial charge in [-0.3, -0.25) is 14.6 Å². The van der Waals surface area contributed by atoms with Crippen molar-refractivity contribution in [1.82, 2.24) is 9.80 Å². The monoisotopic (exact) mass is 441 g/mol. The quantitative estimate of drug-likeness (QED) is 0.622. The standard InChI is InChI=1S/C24H33N3O4/c1-18-7-6-8-19(2)24(18)25-23(29)16-27-13-11-26(12-14-27)15-20(28)17-31-22-10-5-4-9-21(22)30-3/h4-10,20,28H,11-17H2,1-3H3,(H,25,29)/i1D3,2D3,6D,7D,8D,15D2,16D2,20D. The molecule has 1 aliphatic heterocycles. The first-order valence-corrected chi connectivity index (χ1v) is 9.43.